The fourth-order valence-corrected chi connectivity index (χ4v) is 4.31. The number of hydrogen-bond acceptors (Lipinski definition) is 5. The molecule has 3 heterocycles. The zero-order valence-corrected chi connectivity index (χ0v) is 16.2. The van der Waals surface area contributed by atoms with Crippen molar-refractivity contribution in [3.05, 3.63) is 75.7 Å². The lowest BCUT2D eigenvalue weighted by Gasteiger charge is -2.06. The van der Waals surface area contributed by atoms with Crippen LogP contribution in [0.3, 0.4) is 0 Å². The van der Waals surface area contributed by atoms with E-state index < -0.39 is 11.6 Å². The minimum atomic E-state index is -0.726. The van der Waals surface area contributed by atoms with Crippen LogP contribution >= 0.6 is 11.3 Å². The number of carbonyl (C=O) groups excluding carboxylic acids is 1. The topological polar surface area (TPSA) is 107 Å². The highest BCUT2D eigenvalue weighted by atomic mass is 32.1. The average molecular weight is 401 g/mol. The van der Waals surface area contributed by atoms with Crippen molar-refractivity contribution in [2.75, 3.05) is 0 Å². The number of hydrogen-bond donors (Lipinski definition) is 2. The van der Waals surface area contributed by atoms with E-state index in [4.69, 9.17) is 5.73 Å². The molecule has 0 bridgehead atoms. The smallest absolute Gasteiger partial charge is 0.332 e. The number of nitrogens with two attached hydrogens (primary N) is 1. The van der Waals surface area contributed by atoms with Crippen LogP contribution in [0.15, 0.2) is 58.7 Å². The van der Waals surface area contributed by atoms with Crippen LogP contribution < -0.4 is 11.4 Å². The normalized spacial score (nSPS) is 11.3. The number of nitrogens with zero attached hydrogens (tertiary/aromatic N) is 3. The van der Waals surface area contributed by atoms with Crippen molar-refractivity contribution in [1.29, 1.82) is 0 Å². The Kier molecular flexibility index (Phi) is 3.82. The zero-order valence-electron chi connectivity index (χ0n) is 15.3. The van der Waals surface area contributed by atoms with E-state index in [-0.39, 0.29) is 11.2 Å². The molecule has 0 radical (unpaired) electrons. The second-order valence-corrected chi connectivity index (χ2v) is 7.62. The van der Waals surface area contributed by atoms with Crippen LogP contribution in [-0.4, -0.2) is 25.4 Å². The van der Waals surface area contributed by atoms with Crippen molar-refractivity contribution in [2.24, 2.45) is 5.73 Å². The number of amides is 1. The summed E-state index contributed by atoms with van der Waals surface area (Å²) < 4.78 is 2.51. The van der Waals surface area contributed by atoms with Gasteiger partial charge in [-0.25, -0.2) is 19.3 Å². The molecule has 0 saturated heterocycles. The quantitative estimate of drug-likeness (QED) is 0.483. The minimum Gasteiger partial charge on any atom is -0.364 e. The summed E-state index contributed by atoms with van der Waals surface area (Å²) in [4.78, 5) is 36.5. The molecule has 3 aromatic heterocycles. The molecule has 29 heavy (non-hydrogen) atoms. The van der Waals surface area contributed by atoms with Gasteiger partial charge in [-0.3, -0.25) is 4.79 Å². The number of imidazole rings is 1. The first-order valence-corrected chi connectivity index (χ1v) is 9.77. The van der Waals surface area contributed by atoms with E-state index in [0.29, 0.717) is 17.2 Å². The molecule has 1 amide bonds. The third-order valence-corrected chi connectivity index (χ3v) is 5.75. The first-order chi connectivity index (χ1) is 14.0. The highest BCUT2D eigenvalue weighted by molar-refractivity contribution is 7.17. The number of primary amides is 1. The van der Waals surface area contributed by atoms with Gasteiger partial charge in [0.15, 0.2) is 17.2 Å². The Morgan fingerprint density at radius 2 is 1.86 bits per heavy atom. The molecule has 5 aromatic rings. The van der Waals surface area contributed by atoms with Gasteiger partial charge in [-0.15, -0.1) is 11.3 Å². The summed E-state index contributed by atoms with van der Waals surface area (Å²) in [6.07, 6.45) is 0. The SMILES string of the molecule is Cc1ccc(-n2c(=O)[nH]c3c(C(N)=O)nc(-c4csc5ccccc45)nc32)cc1. The molecule has 7 nitrogen and oxygen atoms in total. The van der Waals surface area contributed by atoms with Crippen molar-refractivity contribution in [2.45, 2.75) is 6.92 Å². The fourth-order valence-electron chi connectivity index (χ4n) is 3.37. The van der Waals surface area contributed by atoms with E-state index in [1.54, 1.807) is 11.3 Å². The molecule has 0 fully saturated rings. The Morgan fingerprint density at radius 1 is 1.10 bits per heavy atom. The van der Waals surface area contributed by atoms with E-state index in [2.05, 4.69) is 15.0 Å². The van der Waals surface area contributed by atoms with Crippen molar-refractivity contribution in [3.8, 4) is 17.1 Å². The first kappa shape index (κ1) is 17.3. The summed E-state index contributed by atoms with van der Waals surface area (Å²) in [5.74, 6) is -0.376. The van der Waals surface area contributed by atoms with Crippen molar-refractivity contribution >= 4 is 38.5 Å². The fraction of sp³-hybridized carbons (Fsp3) is 0.0476. The van der Waals surface area contributed by atoms with Crippen molar-refractivity contribution < 1.29 is 4.79 Å². The van der Waals surface area contributed by atoms with Gasteiger partial charge in [-0.2, -0.15) is 0 Å². The maximum Gasteiger partial charge on any atom is 0.332 e. The number of benzene rings is 2. The Bertz CT molecular complexity index is 1460. The second-order valence-electron chi connectivity index (χ2n) is 6.71. The summed E-state index contributed by atoms with van der Waals surface area (Å²) in [7, 11) is 0. The van der Waals surface area contributed by atoms with Gasteiger partial charge >= 0.3 is 5.69 Å². The van der Waals surface area contributed by atoms with Gasteiger partial charge in [-0.05, 0) is 25.1 Å². The van der Waals surface area contributed by atoms with Crippen LogP contribution in [-0.2, 0) is 0 Å². The number of thiophene rings is 1. The predicted octanol–water partition coefficient (Wildman–Crippen LogP) is 3.40. The second kappa shape index (κ2) is 6.39. The van der Waals surface area contributed by atoms with Gasteiger partial charge < -0.3 is 10.7 Å². The van der Waals surface area contributed by atoms with Crippen LogP contribution in [0.1, 0.15) is 16.1 Å². The molecular weight excluding hydrogens is 386 g/mol. The highest BCUT2D eigenvalue weighted by Crippen LogP contribution is 2.33. The molecule has 0 unspecified atom stereocenters. The molecule has 0 aliphatic carbocycles. The first-order valence-electron chi connectivity index (χ1n) is 8.89. The predicted molar refractivity (Wildman–Crippen MR) is 114 cm³/mol. The van der Waals surface area contributed by atoms with Crippen molar-refractivity contribution in [1.82, 2.24) is 19.5 Å². The number of rotatable bonds is 3. The van der Waals surface area contributed by atoms with Gasteiger partial charge in [0.05, 0.1) is 5.69 Å². The maximum absolute atomic E-state index is 12.7. The molecular formula is C21H15N5O2S. The van der Waals surface area contributed by atoms with Crippen LogP contribution in [0.4, 0.5) is 0 Å². The summed E-state index contributed by atoms with van der Waals surface area (Å²) in [6, 6.07) is 15.4. The van der Waals surface area contributed by atoms with Gasteiger partial charge in [0.1, 0.15) is 5.52 Å². The van der Waals surface area contributed by atoms with Crippen LogP contribution in [0.5, 0.6) is 0 Å². The standard InChI is InChI=1S/C21H15N5O2S/c1-11-6-8-12(9-7-11)26-20-17(24-21(26)28)16(18(22)27)23-19(25-20)14-10-29-15-5-3-2-4-13(14)15/h2-10H,1H3,(H2,22,27)(H,24,28). The molecule has 0 spiro atoms. The molecule has 142 valence electrons. The molecule has 0 aliphatic rings. The van der Waals surface area contributed by atoms with E-state index in [9.17, 15) is 9.59 Å². The molecule has 3 N–H and O–H groups in total. The van der Waals surface area contributed by atoms with Crippen molar-refractivity contribution in [3.63, 3.8) is 0 Å². The molecule has 0 aliphatic heterocycles. The van der Waals surface area contributed by atoms with Gasteiger partial charge in [0.25, 0.3) is 5.91 Å². The average Bonchev–Trinajstić information content (AvgIpc) is 3.28. The number of carbonyl (C=O) groups is 1. The highest BCUT2D eigenvalue weighted by Gasteiger charge is 2.21. The molecule has 0 saturated carbocycles. The zero-order chi connectivity index (χ0) is 20.1. The Balaban J connectivity index is 1.85. The number of fused-ring (bicyclic) bond motifs is 2. The third kappa shape index (κ3) is 2.73. The largest absolute Gasteiger partial charge is 0.364 e. The summed E-state index contributed by atoms with van der Waals surface area (Å²) in [5.41, 5.74) is 8.20. The number of aryl methyl sites for hydroxylation is 1. The van der Waals surface area contributed by atoms with Gasteiger partial charge in [0.2, 0.25) is 0 Å². The lowest BCUT2D eigenvalue weighted by molar-refractivity contribution is 0.0997. The van der Waals surface area contributed by atoms with Gasteiger partial charge in [-0.1, -0.05) is 35.9 Å². The summed E-state index contributed by atoms with van der Waals surface area (Å²) in [6.45, 7) is 1.97. The molecule has 0 atom stereocenters. The van der Waals surface area contributed by atoms with E-state index in [1.165, 1.54) is 4.57 Å². The van der Waals surface area contributed by atoms with Crippen LogP contribution in [0.2, 0.25) is 0 Å². The van der Waals surface area contributed by atoms with E-state index in [0.717, 1.165) is 21.2 Å². The minimum absolute atomic E-state index is 0.0109. The van der Waals surface area contributed by atoms with Crippen LogP contribution in [0, 0.1) is 6.92 Å². The van der Waals surface area contributed by atoms with E-state index in [1.807, 2.05) is 60.8 Å². The third-order valence-electron chi connectivity index (χ3n) is 4.78. The lowest BCUT2D eigenvalue weighted by atomic mass is 10.1. The van der Waals surface area contributed by atoms with E-state index >= 15 is 0 Å². The number of nitrogens with one attached hydrogen (secondary N) is 1. The molecule has 8 heteroatoms. The maximum atomic E-state index is 12.7. The molecule has 2 aromatic carbocycles. The van der Waals surface area contributed by atoms with Gasteiger partial charge in [0, 0.05) is 21.0 Å². The Morgan fingerprint density at radius 3 is 2.62 bits per heavy atom. The summed E-state index contributed by atoms with van der Waals surface area (Å²) >= 11 is 1.56. The number of aromatic nitrogens is 4. The Labute approximate surface area is 168 Å². The lowest BCUT2D eigenvalue weighted by Crippen LogP contribution is -2.15. The molecule has 5 rings (SSSR count). The number of aromatic amines is 1. The number of H-pyrrole nitrogens is 1. The Hall–Kier alpha value is -3.78. The monoisotopic (exact) mass is 401 g/mol. The van der Waals surface area contributed by atoms with Crippen LogP contribution in [0.25, 0.3) is 38.3 Å². The summed E-state index contributed by atoms with van der Waals surface area (Å²) in [5, 5.41) is 2.92.